The number of nitrogens with one attached hydrogen (secondary N) is 2. The number of benzene rings is 2. The van der Waals surface area contributed by atoms with Crippen molar-refractivity contribution in [3.8, 4) is 0 Å². The molecule has 1 aliphatic rings. The normalized spacial score (nSPS) is 18.1. The highest BCUT2D eigenvalue weighted by atomic mass is 35.6. The maximum absolute atomic E-state index is 12.6. The van der Waals surface area contributed by atoms with Crippen molar-refractivity contribution in [3.05, 3.63) is 71.8 Å². The number of carbonyl (C=O) groups excluding carboxylic acids is 1. The van der Waals surface area contributed by atoms with Crippen molar-refractivity contribution >= 4 is 58.2 Å². The van der Waals surface area contributed by atoms with Crippen LogP contribution in [0.25, 0.3) is 0 Å². The van der Waals surface area contributed by atoms with E-state index in [1.54, 1.807) is 0 Å². The third kappa shape index (κ3) is 9.35. The number of carbonyl (C=O) groups is 1. The lowest BCUT2D eigenvalue weighted by Gasteiger charge is -2.30. The number of amides is 1. The van der Waals surface area contributed by atoms with E-state index in [4.69, 9.17) is 34.8 Å². The summed E-state index contributed by atoms with van der Waals surface area (Å²) in [5, 5.41) is 6.68. The minimum atomic E-state index is -1.61. The van der Waals surface area contributed by atoms with Gasteiger partial charge in [0.15, 0.2) is 3.79 Å². The van der Waals surface area contributed by atoms with E-state index in [2.05, 4.69) is 72.1 Å². The largest absolute Gasteiger partial charge is 0.381 e. The zero-order chi connectivity index (χ0) is 24.6. The molecule has 2 N–H and O–H groups in total. The van der Waals surface area contributed by atoms with E-state index >= 15 is 0 Å². The summed E-state index contributed by atoms with van der Waals surface area (Å²) in [5.41, 5.74) is 3.01. The molecule has 1 aliphatic carbocycles. The fraction of sp³-hybridized carbons (Fsp3) is 0.423. The van der Waals surface area contributed by atoms with Crippen LogP contribution in [0.5, 0.6) is 0 Å². The number of anilines is 1. The van der Waals surface area contributed by atoms with Crippen molar-refractivity contribution in [1.29, 1.82) is 0 Å². The molecule has 3 rings (SSSR count). The number of rotatable bonds is 11. The maximum atomic E-state index is 12.6. The molecule has 8 heteroatoms. The Labute approximate surface area is 222 Å². The van der Waals surface area contributed by atoms with Gasteiger partial charge in [-0.1, -0.05) is 76.8 Å². The van der Waals surface area contributed by atoms with Gasteiger partial charge in [0, 0.05) is 29.4 Å². The molecule has 0 heterocycles. The molecular weight excluding hydrogens is 509 g/mol. The predicted octanol–water partition coefficient (Wildman–Crippen LogP) is 6.33. The molecule has 4 nitrogen and oxygen atoms in total. The summed E-state index contributed by atoms with van der Waals surface area (Å²) in [7, 11) is 4.18. The van der Waals surface area contributed by atoms with E-state index in [9.17, 15) is 4.79 Å². The van der Waals surface area contributed by atoms with Crippen molar-refractivity contribution in [3.63, 3.8) is 0 Å². The first-order chi connectivity index (χ1) is 16.1. The van der Waals surface area contributed by atoms with Gasteiger partial charge in [-0.3, -0.25) is 4.79 Å². The smallest absolute Gasteiger partial charge is 0.224 e. The van der Waals surface area contributed by atoms with Crippen LogP contribution in [0, 0.1) is 0 Å². The molecule has 184 valence electrons. The Morgan fingerprint density at radius 3 is 2.44 bits per heavy atom. The zero-order valence-electron chi connectivity index (χ0n) is 19.6. The van der Waals surface area contributed by atoms with E-state index < -0.39 is 9.33 Å². The SMILES string of the molecule is CN(C)CCSc1ccc(NCC2=CC(Cc3ccccc3)(NC(=O)CC(Cl)(Cl)Cl)CC2)cc1. The molecule has 0 radical (unpaired) electrons. The Balaban J connectivity index is 1.63. The second kappa shape index (κ2) is 12.5. The highest BCUT2D eigenvalue weighted by molar-refractivity contribution is 7.99. The molecule has 1 unspecified atom stereocenters. The Hall–Kier alpha value is -1.37. The lowest BCUT2D eigenvalue weighted by Crippen LogP contribution is -2.48. The number of alkyl halides is 3. The maximum Gasteiger partial charge on any atom is 0.224 e. The first-order valence-electron chi connectivity index (χ1n) is 11.4. The summed E-state index contributed by atoms with van der Waals surface area (Å²) in [6.07, 6.45) is 4.42. The zero-order valence-corrected chi connectivity index (χ0v) is 22.7. The minimum absolute atomic E-state index is 0.172. The molecule has 0 saturated carbocycles. The summed E-state index contributed by atoms with van der Waals surface area (Å²) < 4.78 is -1.61. The summed E-state index contributed by atoms with van der Waals surface area (Å²) in [5.74, 6) is 0.809. The van der Waals surface area contributed by atoms with Gasteiger partial charge in [-0.05, 0) is 63.2 Å². The van der Waals surface area contributed by atoms with Crippen LogP contribution in [0.15, 0.2) is 71.1 Å². The van der Waals surface area contributed by atoms with E-state index in [0.29, 0.717) is 6.42 Å². The van der Waals surface area contributed by atoms with Gasteiger partial charge in [0.05, 0.1) is 12.0 Å². The highest BCUT2D eigenvalue weighted by Gasteiger charge is 2.36. The lowest BCUT2D eigenvalue weighted by atomic mass is 9.90. The molecule has 1 amide bonds. The van der Waals surface area contributed by atoms with Crippen molar-refractivity contribution in [2.45, 2.75) is 39.9 Å². The second-order valence-corrected chi connectivity index (χ2v) is 12.7. The van der Waals surface area contributed by atoms with E-state index in [0.717, 1.165) is 42.9 Å². The van der Waals surface area contributed by atoms with Gasteiger partial charge in [-0.15, -0.1) is 11.8 Å². The van der Waals surface area contributed by atoms with Crippen LogP contribution >= 0.6 is 46.6 Å². The van der Waals surface area contributed by atoms with Crippen LogP contribution in [0.1, 0.15) is 24.8 Å². The van der Waals surface area contributed by atoms with Crippen molar-refractivity contribution in [2.24, 2.45) is 0 Å². The van der Waals surface area contributed by atoms with E-state index in [1.807, 2.05) is 30.0 Å². The monoisotopic (exact) mass is 539 g/mol. The molecular formula is C26H32Cl3N3OS. The number of halogens is 3. The Bertz CT molecular complexity index is 962. The van der Waals surface area contributed by atoms with Gasteiger partial charge in [-0.2, -0.15) is 0 Å². The summed E-state index contributed by atoms with van der Waals surface area (Å²) in [6, 6.07) is 18.7. The molecule has 0 fully saturated rings. The van der Waals surface area contributed by atoms with E-state index in [-0.39, 0.29) is 12.3 Å². The number of hydrogen-bond acceptors (Lipinski definition) is 4. The fourth-order valence-electron chi connectivity index (χ4n) is 4.04. The lowest BCUT2D eigenvalue weighted by molar-refractivity contribution is -0.122. The number of nitrogens with zero attached hydrogens (tertiary/aromatic N) is 1. The molecule has 1 atom stereocenters. The molecule has 34 heavy (non-hydrogen) atoms. The van der Waals surface area contributed by atoms with Crippen molar-refractivity contribution in [1.82, 2.24) is 10.2 Å². The van der Waals surface area contributed by atoms with Crippen LogP contribution in [-0.2, 0) is 11.2 Å². The van der Waals surface area contributed by atoms with Crippen molar-refractivity contribution < 1.29 is 4.79 Å². The molecule has 0 aliphatic heterocycles. The molecule has 0 saturated heterocycles. The third-order valence-corrected chi connectivity index (χ3v) is 7.06. The first-order valence-corrected chi connectivity index (χ1v) is 13.5. The Kier molecular flexibility index (Phi) is 10.0. The Morgan fingerprint density at radius 2 is 1.79 bits per heavy atom. The standard InChI is InChI=1S/C26H32Cl3N3OS/c1-32(2)14-15-34-23-10-8-22(9-11-23)30-19-21-12-13-25(17-21,16-20-6-4-3-5-7-20)31-24(33)18-26(27,28)29/h3-11,17,30H,12-16,18-19H2,1-2H3,(H,31,33). The molecule has 2 aromatic rings. The van der Waals surface area contributed by atoms with Crippen LogP contribution < -0.4 is 10.6 Å². The average Bonchev–Trinajstić information content (AvgIpc) is 3.14. The van der Waals surface area contributed by atoms with Gasteiger partial charge >= 0.3 is 0 Å². The van der Waals surface area contributed by atoms with Gasteiger partial charge < -0.3 is 15.5 Å². The van der Waals surface area contributed by atoms with Crippen LogP contribution in [0.4, 0.5) is 5.69 Å². The average molecular weight is 541 g/mol. The van der Waals surface area contributed by atoms with Crippen LogP contribution in [-0.4, -0.2) is 53.1 Å². The fourth-order valence-corrected chi connectivity index (χ4v) is 5.42. The van der Waals surface area contributed by atoms with Gasteiger partial charge in [0.25, 0.3) is 0 Å². The third-order valence-electron chi connectivity index (χ3n) is 5.67. The Morgan fingerprint density at radius 1 is 1.09 bits per heavy atom. The predicted molar refractivity (Wildman–Crippen MR) is 147 cm³/mol. The summed E-state index contributed by atoms with van der Waals surface area (Å²) in [4.78, 5) is 16.1. The van der Waals surface area contributed by atoms with Crippen molar-refractivity contribution in [2.75, 3.05) is 38.3 Å². The van der Waals surface area contributed by atoms with Crippen LogP contribution in [0.2, 0.25) is 0 Å². The number of hydrogen-bond donors (Lipinski definition) is 2. The van der Waals surface area contributed by atoms with Crippen LogP contribution in [0.3, 0.4) is 0 Å². The quantitative estimate of drug-likeness (QED) is 0.199. The molecule has 2 aromatic carbocycles. The highest BCUT2D eigenvalue weighted by Crippen LogP contribution is 2.34. The second-order valence-electron chi connectivity index (χ2n) is 8.99. The minimum Gasteiger partial charge on any atom is -0.381 e. The van der Waals surface area contributed by atoms with Gasteiger partial charge in [-0.25, -0.2) is 0 Å². The van der Waals surface area contributed by atoms with E-state index in [1.165, 1.54) is 10.5 Å². The topological polar surface area (TPSA) is 44.4 Å². The molecule has 0 bridgehead atoms. The van der Waals surface area contributed by atoms with Gasteiger partial charge in [0.2, 0.25) is 5.91 Å². The molecule has 0 spiro atoms. The first kappa shape index (κ1) is 27.2. The molecule has 0 aromatic heterocycles. The van der Waals surface area contributed by atoms with Gasteiger partial charge in [0.1, 0.15) is 0 Å². The summed E-state index contributed by atoms with van der Waals surface area (Å²) >= 11 is 19.4. The summed E-state index contributed by atoms with van der Waals surface area (Å²) in [6.45, 7) is 1.78. The number of thioether (sulfide) groups is 1.